The Morgan fingerprint density at radius 3 is 3.00 bits per heavy atom. The van der Waals surface area contributed by atoms with Crippen LogP contribution in [0.15, 0.2) is 18.2 Å². The van der Waals surface area contributed by atoms with Crippen molar-refractivity contribution in [1.82, 2.24) is 4.90 Å². The smallest absolute Gasteiger partial charge is 0.339 e. The van der Waals surface area contributed by atoms with Gasteiger partial charge in [-0.05, 0) is 24.1 Å². The van der Waals surface area contributed by atoms with Crippen molar-refractivity contribution >= 4 is 5.97 Å². The molecule has 1 saturated heterocycles. The summed E-state index contributed by atoms with van der Waals surface area (Å²) in [6.07, 6.45) is 1.28. The van der Waals surface area contributed by atoms with E-state index in [1.54, 1.807) is 12.1 Å². The second-order valence-electron chi connectivity index (χ2n) is 4.98. The predicted octanol–water partition coefficient (Wildman–Crippen LogP) is 2.00. The highest BCUT2D eigenvalue weighted by molar-refractivity contribution is 5.91. The summed E-state index contributed by atoms with van der Waals surface area (Å²) in [5, 5.41) is 9.19. The van der Waals surface area contributed by atoms with Gasteiger partial charge in [-0.2, -0.15) is 0 Å². The summed E-state index contributed by atoms with van der Waals surface area (Å²) in [5.41, 5.74) is 1.20. The second-order valence-corrected chi connectivity index (χ2v) is 4.98. The number of rotatable bonds is 5. The Bertz CT molecular complexity index is 475. The maximum absolute atomic E-state index is 11.2. The van der Waals surface area contributed by atoms with Crippen molar-refractivity contribution < 1.29 is 19.4 Å². The lowest BCUT2D eigenvalue weighted by molar-refractivity contribution is -0.0324. The molecule has 1 aliphatic heterocycles. The van der Waals surface area contributed by atoms with Gasteiger partial charge in [0.05, 0.1) is 19.8 Å². The zero-order valence-corrected chi connectivity index (χ0v) is 12.0. The highest BCUT2D eigenvalue weighted by Crippen LogP contribution is 2.21. The lowest BCUT2D eigenvalue weighted by atomic mass is 10.1. The fourth-order valence-electron chi connectivity index (χ4n) is 2.45. The molecule has 1 atom stereocenters. The molecule has 0 bridgehead atoms. The second kappa shape index (κ2) is 6.72. The van der Waals surface area contributed by atoms with Gasteiger partial charge in [0.25, 0.3) is 0 Å². The zero-order valence-electron chi connectivity index (χ0n) is 12.0. The van der Waals surface area contributed by atoms with Gasteiger partial charge in [0.2, 0.25) is 0 Å². The van der Waals surface area contributed by atoms with E-state index in [2.05, 4.69) is 11.8 Å². The van der Waals surface area contributed by atoms with Crippen molar-refractivity contribution in [3.63, 3.8) is 0 Å². The molecule has 1 aromatic rings. The number of nitrogens with zero attached hydrogens (tertiary/aromatic N) is 1. The number of methoxy groups -OCH3 is 1. The summed E-state index contributed by atoms with van der Waals surface area (Å²) in [6.45, 7) is 5.37. The molecule has 0 aliphatic carbocycles. The monoisotopic (exact) mass is 279 g/mol. The number of carbonyl (C=O) groups is 1. The Kier molecular flexibility index (Phi) is 4.98. The van der Waals surface area contributed by atoms with Crippen molar-refractivity contribution in [2.24, 2.45) is 0 Å². The van der Waals surface area contributed by atoms with E-state index < -0.39 is 5.97 Å². The number of aromatic carboxylic acids is 1. The predicted molar refractivity (Wildman–Crippen MR) is 75.3 cm³/mol. The molecule has 110 valence electrons. The van der Waals surface area contributed by atoms with Crippen LogP contribution in [-0.2, 0) is 11.3 Å². The molecule has 1 heterocycles. The molecule has 20 heavy (non-hydrogen) atoms. The van der Waals surface area contributed by atoms with Gasteiger partial charge < -0.3 is 14.6 Å². The third-order valence-electron chi connectivity index (χ3n) is 3.58. The first-order chi connectivity index (χ1) is 9.63. The van der Waals surface area contributed by atoms with Crippen LogP contribution >= 0.6 is 0 Å². The van der Waals surface area contributed by atoms with Gasteiger partial charge in [0.1, 0.15) is 11.3 Å². The lowest BCUT2D eigenvalue weighted by Crippen LogP contribution is -2.41. The number of carboxylic acid groups (broad SMARTS) is 1. The molecule has 1 aliphatic rings. The minimum atomic E-state index is -0.961. The van der Waals surface area contributed by atoms with Crippen molar-refractivity contribution in [3.05, 3.63) is 29.3 Å². The maximum atomic E-state index is 11.2. The number of benzene rings is 1. The molecule has 1 unspecified atom stereocenters. The van der Waals surface area contributed by atoms with Crippen molar-refractivity contribution in [2.45, 2.75) is 26.0 Å². The quantitative estimate of drug-likeness (QED) is 0.893. The Labute approximate surface area is 119 Å². The van der Waals surface area contributed by atoms with Gasteiger partial charge in [-0.25, -0.2) is 4.79 Å². The summed E-state index contributed by atoms with van der Waals surface area (Å²) < 4.78 is 10.7. The van der Waals surface area contributed by atoms with Gasteiger partial charge in [-0.3, -0.25) is 4.90 Å². The van der Waals surface area contributed by atoms with E-state index in [1.807, 2.05) is 6.07 Å². The average Bonchev–Trinajstić information content (AvgIpc) is 2.47. The van der Waals surface area contributed by atoms with E-state index in [9.17, 15) is 9.90 Å². The summed E-state index contributed by atoms with van der Waals surface area (Å²) in [7, 11) is 1.48. The molecule has 1 aromatic carbocycles. The molecule has 0 saturated carbocycles. The van der Waals surface area contributed by atoms with Gasteiger partial charge >= 0.3 is 5.97 Å². The first-order valence-electron chi connectivity index (χ1n) is 6.88. The first-order valence-corrected chi connectivity index (χ1v) is 6.88. The maximum Gasteiger partial charge on any atom is 0.339 e. The fraction of sp³-hybridized carbons (Fsp3) is 0.533. The van der Waals surface area contributed by atoms with E-state index in [0.717, 1.165) is 38.2 Å². The summed E-state index contributed by atoms with van der Waals surface area (Å²) in [6, 6.07) is 5.33. The summed E-state index contributed by atoms with van der Waals surface area (Å²) >= 11 is 0. The number of morpholine rings is 1. The fourth-order valence-corrected chi connectivity index (χ4v) is 2.45. The van der Waals surface area contributed by atoms with E-state index in [4.69, 9.17) is 9.47 Å². The normalized spacial score (nSPS) is 19.8. The van der Waals surface area contributed by atoms with Crippen LogP contribution in [0.1, 0.15) is 29.3 Å². The van der Waals surface area contributed by atoms with Crippen molar-refractivity contribution in [3.8, 4) is 5.75 Å². The van der Waals surface area contributed by atoms with E-state index in [0.29, 0.717) is 5.75 Å². The van der Waals surface area contributed by atoms with Crippen molar-refractivity contribution in [2.75, 3.05) is 26.8 Å². The van der Waals surface area contributed by atoms with E-state index in [1.165, 1.54) is 7.11 Å². The number of ether oxygens (including phenoxy) is 2. The highest BCUT2D eigenvalue weighted by atomic mass is 16.5. The standard InChI is InChI=1S/C15H21NO4/c1-3-12-10-16(6-7-20-12)9-11-4-5-14(19-2)13(8-11)15(17)18/h4-5,8,12H,3,6-7,9-10H2,1-2H3,(H,17,18). The van der Waals surface area contributed by atoms with Gasteiger partial charge in [-0.15, -0.1) is 0 Å². The Morgan fingerprint density at radius 1 is 1.55 bits per heavy atom. The van der Waals surface area contributed by atoms with Gasteiger partial charge in [0.15, 0.2) is 0 Å². The van der Waals surface area contributed by atoms with Crippen LogP contribution in [0, 0.1) is 0 Å². The van der Waals surface area contributed by atoms with Gasteiger partial charge in [0, 0.05) is 19.6 Å². The molecule has 1 fully saturated rings. The molecular weight excluding hydrogens is 258 g/mol. The van der Waals surface area contributed by atoms with Crippen LogP contribution in [0.2, 0.25) is 0 Å². The van der Waals surface area contributed by atoms with Gasteiger partial charge in [-0.1, -0.05) is 13.0 Å². The Hall–Kier alpha value is -1.59. The third-order valence-corrected chi connectivity index (χ3v) is 3.58. The van der Waals surface area contributed by atoms with Crippen molar-refractivity contribution in [1.29, 1.82) is 0 Å². The SMILES string of the molecule is CCC1CN(Cc2ccc(OC)c(C(=O)O)c2)CCO1. The lowest BCUT2D eigenvalue weighted by Gasteiger charge is -2.32. The molecule has 0 amide bonds. The van der Waals surface area contributed by atoms with E-state index >= 15 is 0 Å². The molecule has 5 heteroatoms. The molecule has 5 nitrogen and oxygen atoms in total. The van der Waals surface area contributed by atoms with Crippen LogP contribution < -0.4 is 4.74 Å². The Morgan fingerprint density at radius 2 is 2.35 bits per heavy atom. The van der Waals surface area contributed by atoms with Crippen LogP contribution in [0.3, 0.4) is 0 Å². The molecule has 2 rings (SSSR count). The molecular formula is C15H21NO4. The highest BCUT2D eigenvalue weighted by Gasteiger charge is 2.20. The number of hydrogen-bond donors (Lipinski definition) is 1. The number of hydrogen-bond acceptors (Lipinski definition) is 4. The average molecular weight is 279 g/mol. The minimum absolute atomic E-state index is 0.213. The largest absolute Gasteiger partial charge is 0.496 e. The molecule has 1 N–H and O–H groups in total. The van der Waals surface area contributed by atoms with Crippen LogP contribution in [0.4, 0.5) is 0 Å². The molecule has 0 aromatic heterocycles. The Balaban J connectivity index is 2.09. The summed E-state index contributed by atoms with van der Waals surface area (Å²) in [5.74, 6) is -0.563. The third kappa shape index (κ3) is 3.49. The minimum Gasteiger partial charge on any atom is -0.496 e. The van der Waals surface area contributed by atoms with Crippen LogP contribution in [0.5, 0.6) is 5.75 Å². The first kappa shape index (κ1) is 14.8. The van der Waals surface area contributed by atoms with Crippen LogP contribution in [-0.4, -0.2) is 48.9 Å². The zero-order chi connectivity index (χ0) is 14.5. The summed E-state index contributed by atoms with van der Waals surface area (Å²) in [4.78, 5) is 13.5. The number of carboxylic acids is 1. The van der Waals surface area contributed by atoms with E-state index in [-0.39, 0.29) is 11.7 Å². The molecule has 0 spiro atoms. The van der Waals surface area contributed by atoms with Crippen LogP contribution in [0.25, 0.3) is 0 Å². The topological polar surface area (TPSA) is 59.0 Å². The molecule has 0 radical (unpaired) electrons.